The zero-order valence-corrected chi connectivity index (χ0v) is 14.8. The van der Waals surface area contributed by atoms with Gasteiger partial charge < -0.3 is 5.73 Å². The first kappa shape index (κ1) is 18.8. The summed E-state index contributed by atoms with van der Waals surface area (Å²) in [5, 5.41) is 19.6. The van der Waals surface area contributed by atoms with Gasteiger partial charge >= 0.3 is 0 Å². The Bertz CT molecular complexity index is 987. The molecule has 10 nitrogen and oxygen atoms in total. The quantitative estimate of drug-likeness (QED) is 0.334. The lowest BCUT2D eigenvalue weighted by atomic mass is 10.3. The fourth-order valence-electron chi connectivity index (χ4n) is 1.94. The second kappa shape index (κ2) is 7.58. The first-order valence-electron chi connectivity index (χ1n) is 7.24. The third-order valence-corrected chi connectivity index (χ3v) is 4.40. The molecule has 0 bridgehead atoms. The van der Waals surface area contributed by atoms with Crippen LogP contribution in [0.5, 0.6) is 0 Å². The zero-order chi connectivity index (χ0) is 19.3. The lowest BCUT2D eigenvalue weighted by Gasteiger charge is -2.09. The zero-order valence-electron chi connectivity index (χ0n) is 14.0. The van der Waals surface area contributed by atoms with Crippen molar-refractivity contribution in [3.05, 3.63) is 41.9 Å². The molecule has 1 heterocycles. The first-order chi connectivity index (χ1) is 12.2. The molecule has 0 amide bonds. The van der Waals surface area contributed by atoms with Gasteiger partial charge in [-0.15, -0.1) is 0 Å². The number of hydrazone groups is 1. The monoisotopic (exact) mass is 372 g/mol. The minimum atomic E-state index is -3.82. The highest BCUT2D eigenvalue weighted by Crippen LogP contribution is 2.17. The van der Waals surface area contributed by atoms with Crippen LogP contribution in [0.1, 0.15) is 11.5 Å². The molecule has 0 fully saturated rings. The summed E-state index contributed by atoms with van der Waals surface area (Å²) in [6.07, 6.45) is 0. The lowest BCUT2D eigenvalue weighted by Crippen LogP contribution is -2.21. The Labute approximate surface area is 150 Å². The van der Waals surface area contributed by atoms with Crippen molar-refractivity contribution in [1.82, 2.24) is 9.97 Å². The third kappa shape index (κ3) is 4.74. The van der Waals surface area contributed by atoms with E-state index in [-0.39, 0.29) is 16.4 Å². The largest absolute Gasteiger partial charge is 0.382 e. The highest BCUT2D eigenvalue weighted by atomic mass is 32.2. The molecule has 0 saturated heterocycles. The highest BCUT2D eigenvalue weighted by Gasteiger charge is 2.15. The van der Waals surface area contributed by atoms with Crippen LogP contribution in [-0.4, -0.2) is 29.9 Å². The van der Waals surface area contributed by atoms with E-state index in [1.165, 1.54) is 30.3 Å². The summed E-state index contributed by atoms with van der Waals surface area (Å²) in [5.41, 5.74) is 8.50. The molecule has 134 valence electrons. The number of nitrogens with one attached hydrogen (secondary N) is 3. The van der Waals surface area contributed by atoms with E-state index in [0.717, 1.165) is 0 Å². The Hall–Kier alpha value is -3.52. The third-order valence-electron chi connectivity index (χ3n) is 3.03. The van der Waals surface area contributed by atoms with Gasteiger partial charge in [0.1, 0.15) is 17.7 Å². The van der Waals surface area contributed by atoms with Crippen LogP contribution in [0.2, 0.25) is 0 Å². The molecule has 0 radical (unpaired) electrons. The second-order valence-corrected chi connectivity index (χ2v) is 6.85. The van der Waals surface area contributed by atoms with E-state index in [9.17, 15) is 8.42 Å². The number of sulfonamides is 1. The van der Waals surface area contributed by atoms with Crippen molar-refractivity contribution in [3.8, 4) is 6.07 Å². The summed E-state index contributed by atoms with van der Waals surface area (Å²) in [6, 6.07) is 8.84. The van der Waals surface area contributed by atoms with Gasteiger partial charge in [0.25, 0.3) is 10.0 Å². The van der Waals surface area contributed by atoms with E-state index in [1.54, 1.807) is 19.9 Å². The van der Waals surface area contributed by atoms with Gasteiger partial charge in [-0.3, -0.25) is 15.6 Å². The van der Waals surface area contributed by atoms with Gasteiger partial charge in [-0.2, -0.15) is 10.4 Å². The maximum atomic E-state index is 12.4. The predicted molar refractivity (Wildman–Crippen MR) is 97.3 cm³/mol. The second-order valence-electron chi connectivity index (χ2n) is 5.17. The first-order valence-corrected chi connectivity index (χ1v) is 8.73. The highest BCUT2D eigenvalue weighted by molar-refractivity contribution is 7.92. The molecule has 0 aliphatic rings. The van der Waals surface area contributed by atoms with Crippen LogP contribution in [0.25, 0.3) is 0 Å². The summed E-state index contributed by atoms with van der Waals surface area (Å²) in [5.74, 6) is 0.166. The van der Waals surface area contributed by atoms with Gasteiger partial charge in [-0.05, 0) is 38.1 Å². The number of benzene rings is 1. The molecule has 26 heavy (non-hydrogen) atoms. The number of amidine groups is 1. The number of nitrogens with two attached hydrogens (primary N) is 1. The van der Waals surface area contributed by atoms with Crippen molar-refractivity contribution in [2.24, 2.45) is 10.8 Å². The van der Waals surface area contributed by atoms with Crippen molar-refractivity contribution < 1.29 is 8.42 Å². The SMILES string of the molecule is Cc1cc(NS(=O)(=O)c2ccc(N/N=C(\C#N)C(=N)N)cc2)nc(C)n1. The van der Waals surface area contributed by atoms with E-state index in [2.05, 4.69) is 25.2 Å². The molecular weight excluding hydrogens is 356 g/mol. The maximum Gasteiger partial charge on any atom is 0.263 e. The number of aromatic nitrogens is 2. The molecule has 2 aromatic rings. The molecule has 0 aliphatic carbocycles. The van der Waals surface area contributed by atoms with Crippen molar-refractivity contribution in [3.63, 3.8) is 0 Å². The fourth-order valence-corrected chi connectivity index (χ4v) is 2.93. The van der Waals surface area contributed by atoms with Gasteiger partial charge in [0.15, 0.2) is 5.84 Å². The average molecular weight is 372 g/mol. The Morgan fingerprint density at radius 3 is 2.46 bits per heavy atom. The molecule has 0 saturated carbocycles. The Balaban J connectivity index is 2.18. The van der Waals surface area contributed by atoms with E-state index in [1.807, 2.05) is 0 Å². The number of rotatable bonds is 6. The van der Waals surface area contributed by atoms with Gasteiger partial charge in [-0.25, -0.2) is 18.4 Å². The molecule has 2 rings (SSSR count). The number of anilines is 2. The normalized spacial score (nSPS) is 11.5. The van der Waals surface area contributed by atoms with Crippen molar-refractivity contribution in [2.75, 3.05) is 10.1 Å². The summed E-state index contributed by atoms with van der Waals surface area (Å²) in [4.78, 5) is 8.15. The van der Waals surface area contributed by atoms with Crippen LogP contribution in [-0.2, 0) is 10.0 Å². The van der Waals surface area contributed by atoms with Crippen molar-refractivity contribution in [1.29, 1.82) is 10.7 Å². The molecule has 0 aliphatic heterocycles. The predicted octanol–water partition coefficient (Wildman–Crippen LogP) is 1.12. The number of nitriles is 1. The summed E-state index contributed by atoms with van der Waals surface area (Å²) in [7, 11) is -3.82. The van der Waals surface area contributed by atoms with Gasteiger partial charge in [0, 0.05) is 11.8 Å². The van der Waals surface area contributed by atoms with E-state index in [0.29, 0.717) is 17.2 Å². The van der Waals surface area contributed by atoms with Crippen LogP contribution in [0.4, 0.5) is 11.5 Å². The molecule has 5 N–H and O–H groups in total. The maximum absolute atomic E-state index is 12.4. The Kier molecular flexibility index (Phi) is 5.48. The Morgan fingerprint density at radius 2 is 1.92 bits per heavy atom. The molecule has 1 aromatic heterocycles. The van der Waals surface area contributed by atoms with Gasteiger partial charge in [0.2, 0.25) is 5.71 Å². The molecule has 0 spiro atoms. The molecule has 0 atom stereocenters. The van der Waals surface area contributed by atoms with Crippen molar-refractivity contribution in [2.45, 2.75) is 18.7 Å². The van der Waals surface area contributed by atoms with Crippen LogP contribution >= 0.6 is 0 Å². The standard InChI is InChI=1S/C15H16N8O2S/c1-9-7-14(20-10(2)19-9)23-26(24,25)12-5-3-11(4-6-12)21-22-13(8-16)15(17)18/h3-7,21H,1-2H3,(H3,17,18)(H,19,20,23)/b22-13+. The fraction of sp³-hybridized carbons (Fsp3) is 0.133. The number of nitrogens with zero attached hydrogens (tertiary/aromatic N) is 4. The van der Waals surface area contributed by atoms with E-state index >= 15 is 0 Å². The van der Waals surface area contributed by atoms with Crippen LogP contribution < -0.4 is 15.9 Å². The van der Waals surface area contributed by atoms with Gasteiger partial charge in [-0.1, -0.05) is 0 Å². The smallest absolute Gasteiger partial charge is 0.263 e. The molecule has 11 heteroatoms. The van der Waals surface area contributed by atoms with Crippen LogP contribution in [0.15, 0.2) is 40.3 Å². The number of aryl methyl sites for hydroxylation is 2. The topological polar surface area (TPSA) is 170 Å². The Morgan fingerprint density at radius 1 is 1.27 bits per heavy atom. The number of hydrogen-bond acceptors (Lipinski definition) is 8. The van der Waals surface area contributed by atoms with Crippen LogP contribution in [0.3, 0.4) is 0 Å². The minimum absolute atomic E-state index is 0.0213. The lowest BCUT2D eigenvalue weighted by molar-refractivity contribution is 0.601. The molecular formula is C15H16N8O2S. The molecule has 0 unspecified atom stereocenters. The van der Waals surface area contributed by atoms with Gasteiger partial charge in [0.05, 0.1) is 10.6 Å². The average Bonchev–Trinajstić information content (AvgIpc) is 2.54. The van der Waals surface area contributed by atoms with Crippen LogP contribution in [0, 0.1) is 30.6 Å². The minimum Gasteiger partial charge on any atom is -0.382 e. The summed E-state index contributed by atoms with van der Waals surface area (Å²) < 4.78 is 27.3. The summed E-state index contributed by atoms with van der Waals surface area (Å²) >= 11 is 0. The van der Waals surface area contributed by atoms with E-state index < -0.39 is 15.9 Å². The van der Waals surface area contributed by atoms with E-state index in [4.69, 9.17) is 16.4 Å². The number of hydrogen-bond donors (Lipinski definition) is 4. The van der Waals surface area contributed by atoms with Crippen molar-refractivity contribution >= 4 is 33.1 Å². The summed E-state index contributed by atoms with van der Waals surface area (Å²) in [6.45, 7) is 3.41. The molecule has 1 aromatic carbocycles.